The minimum absolute atomic E-state index is 0.788. The predicted molar refractivity (Wildman–Crippen MR) is 65.0 cm³/mol. The van der Waals surface area contributed by atoms with E-state index in [4.69, 9.17) is 12.2 Å². The number of hydrogen-bond donors (Lipinski definition) is 0. The molecule has 5 heteroatoms. The minimum Gasteiger partial charge on any atom is -0.211 e. The molecule has 1 aromatic carbocycles. The zero-order chi connectivity index (χ0) is 9.26. The van der Waals surface area contributed by atoms with Gasteiger partial charge in [0.1, 0.15) is 0 Å². The van der Waals surface area contributed by atoms with E-state index in [1.54, 1.807) is 4.68 Å². The van der Waals surface area contributed by atoms with Crippen molar-refractivity contribution in [2.75, 3.05) is 0 Å². The van der Waals surface area contributed by atoms with E-state index >= 15 is 0 Å². The summed E-state index contributed by atoms with van der Waals surface area (Å²) in [5, 5.41) is 4.30. The van der Waals surface area contributed by atoms with Gasteiger partial charge in [-0.05, 0) is 46.9 Å². The van der Waals surface area contributed by atoms with Crippen molar-refractivity contribution in [1.29, 1.82) is 0 Å². The van der Waals surface area contributed by atoms with Gasteiger partial charge in [-0.2, -0.15) is 0 Å². The van der Waals surface area contributed by atoms with Gasteiger partial charge in [0.25, 0.3) is 0 Å². The van der Waals surface area contributed by atoms with E-state index in [1.165, 1.54) is 11.3 Å². The minimum atomic E-state index is 0.788. The molecule has 0 N–H and O–H groups in total. The summed E-state index contributed by atoms with van der Waals surface area (Å²) in [5.41, 5.74) is 1.02. The summed E-state index contributed by atoms with van der Waals surface area (Å²) in [6, 6.07) is 9.91. The maximum atomic E-state index is 5.17. The molecule has 0 unspecified atom stereocenters. The highest BCUT2D eigenvalue weighted by atomic mass is 127. The summed E-state index contributed by atoms with van der Waals surface area (Å²) in [4.78, 5) is 0. The molecular weight excluding hydrogens is 315 g/mol. The molecule has 2 rings (SSSR count). The summed E-state index contributed by atoms with van der Waals surface area (Å²) in [5.74, 6) is 0. The lowest BCUT2D eigenvalue weighted by molar-refractivity contribution is 0.859. The van der Waals surface area contributed by atoms with Crippen LogP contribution in [0.3, 0.4) is 0 Å². The van der Waals surface area contributed by atoms with Crippen LogP contribution in [-0.4, -0.2) is 9.78 Å². The highest BCUT2D eigenvalue weighted by Crippen LogP contribution is 2.15. The molecule has 0 aliphatic carbocycles. The fourth-order valence-corrected chi connectivity index (χ4v) is 3.16. The molecule has 2 nitrogen and oxygen atoms in total. The summed E-state index contributed by atoms with van der Waals surface area (Å²) in [6.45, 7) is 0. The Hall–Kier alpha value is -0.270. The fraction of sp³-hybridized carbons (Fsp3) is 0. The molecule has 0 aliphatic rings. The Morgan fingerprint density at radius 1 is 1.31 bits per heavy atom. The summed E-state index contributed by atoms with van der Waals surface area (Å²) in [6.07, 6.45) is 0. The van der Waals surface area contributed by atoms with Gasteiger partial charge < -0.3 is 0 Å². The van der Waals surface area contributed by atoms with Gasteiger partial charge >= 0.3 is 0 Å². The molecule has 2 aromatic rings. The van der Waals surface area contributed by atoms with Crippen molar-refractivity contribution in [3.63, 3.8) is 0 Å². The summed E-state index contributed by atoms with van der Waals surface area (Å²) in [7, 11) is 0. The van der Waals surface area contributed by atoms with Gasteiger partial charge in [-0.25, -0.2) is 4.68 Å². The second kappa shape index (κ2) is 3.85. The highest BCUT2D eigenvalue weighted by molar-refractivity contribution is 14.1. The van der Waals surface area contributed by atoms with Crippen LogP contribution in [0.15, 0.2) is 30.3 Å². The zero-order valence-corrected chi connectivity index (χ0v) is 10.3. The van der Waals surface area contributed by atoms with Crippen LogP contribution >= 0.6 is 46.1 Å². The Morgan fingerprint density at radius 2 is 2.00 bits per heavy atom. The van der Waals surface area contributed by atoms with E-state index in [2.05, 4.69) is 27.7 Å². The van der Waals surface area contributed by atoms with Crippen molar-refractivity contribution in [1.82, 2.24) is 9.78 Å². The normalized spacial score (nSPS) is 10.2. The van der Waals surface area contributed by atoms with Crippen molar-refractivity contribution >= 4 is 46.1 Å². The van der Waals surface area contributed by atoms with Crippen LogP contribution in [0.5, 0.6) is 0 Å². The lowest BCUT2D eigenvalue weighted by atomic mass is 10.3. The molecule has 66 valence electrons. The van der Waals surface area contributed by atoms with Crippen molar-refractivity contribution in [3.05, 3.63) is 37.3 Å². The smallest absolute Gasteiger partial charge is 0.184 e. The second-order valence-electron chi connectivity index (χ2n) is 2.37. The first kappa shape index (κ1) is 9.29. The molecule has 0 saturated heterocycles. The van der Waals surface area contributed by atoms with Crippen LogP contribution in [0.2, 0.25) is 0 Å². The van der Waals surface area contributed by atoms with Crippen molar-refractivity contribution < 1.29 is 0 Å². The van der Waals surface area contributed by atoms with Crippen LogP contribution in [-0.2, 0) is 0 Å². The Morgan fingerprint density at radius 3 is 2.54 bits per heavy atom. The lowest BCUT2D eigenvalue weighted by Crippen LogP contribution is -1.95. The monoisotopic (exact) mass is 320 g/mol. The van der Waals surface area contributed by atoms with Crippen molar-refractivity contribution in [2.24, 2.45) is 0 Å². The third-order valence-corrected chi connectivity index (χ3v) is 3.42. The van der Waals surface area contributed by atoms with E-state index in [1.807, 2.05) is 30.3 Å². The van der Waals surface area contributed by atoms with Crippen LogP contribution in [0, 0.1) is 6.97 Å². The molecule has 0 bridgehead atoms. The summed E-state index contributed by atoms with van der Waals surface area (Å²) < 4.78 is 3.53. The first-order valence-corrected chi connectivity index (χ1v) is 5.89. The quantitative estimate of drug-likeness (QED) is 0.593. The fourth-order valence-electron chi connectivity index (χ4n) is 0.987. The molecular formula is C8H5IN2S2. The van der Waals surface area contributed by atoms with E-state index in [9.17, 15) is 0 Å². The second-order valence-corrected chi connectivity index (χ2v) is 5.74. The largest absolute Gasteiger partial charge is 0.211 e. The van der Waals surface area contributed by atoms with Gasteiger partial charge in [0.2, 0.25) is 0 Å². The highest BCUT2D eigenvalue weighted by Gasteiger charge is 2.01. The number of rotatable bonds is 1. The molecule has 0 atom stereocenters. The lowest BCUT2D eigenvalue weighted by Gasteiger charge is -1.97. The maximum Gasteiger partial charge on any atom is 0.184 e. The first-order chi connectivity index (χ1) is 6.27. The molecule has 1 heterocycles. The van der Waals surface area contributed by atoms with Gasteiger partial charge in [-0.1, -0.05) is 29.5 Å². The van der Waals surface area contributed by atoms with Gasteiger partial charge in [-0.3, -0.25) is 0 Å². The third kappa shape index (κ3) is 1.97. The van der Waals surface area contributed by atoms with Gasteiger partial charge in [0, 0.05) is 0 Å². The van der Waals surface area contributed by atoms with Gasteiger partial charge in [-0.15, -0.1) is 5.10 Å². The molecule has 1 aromatic heterocycles. The summed E-state index contributed by atoms with van der Waals surface area (Å²) >= 11 is 8.86. The van der Waals surface area contributed by atoms with E-state index in [0.29, 0.717) is 0 Å². The molecule has 0 amide bonds. The maximum absolute atomic E-state index is 5.17. The Bertz CT molecular complexity index is 460. The Kier molecular flexibility index (Phi) is 2.75. The number of para-hydroxylation sites is 1. The predicted octanol–water partition coefficient (Wildman–Crippen LogP) is 3.27. The molecule has 13 heavy (non-hydrogen) atoms. The molecule has 0 radical (unpaired) electrons. The topological polar surface area (TPSA) is 17.8 Å². The van der Waals surface area contributed by atoms with Crippen molar-refractivity contribution in [3.8, 4) is 5.69 Å². The van der Waals surface area contributed by atoms with Crippen LogP contribution in [0.1, 0.15) is 0 Å². The van der Waals surface area contributed by atoms with Gasteiger partial charge in [0.15, 0.2) is 6.97 Å². The van der Waals surface area contributed by atoms with E-state index in [-0.39, 0.29) is 0 Å². The van der Waals surface area contributed by atoms with E-state index < -0.39 is 0 Å². The van der Waals surface area contributed by atoms with Crippen molar-refractivity contribution in [2.45, 2.75) is 0 Å². The Balaban J connectivity index is 2.59. The number of benzene rings is 1. The number of aromatic nitrogens is 2. The van der Waals surface area contributed by atoms with Crippen LogP contribution < -0.4 is 0 Å². The first-order valence-electron chi connectivity index (χ1n) is 3.58. The number of halogens is 1. The van der Waals surface area contributed by atoms with E-state index in [0.717, 1.165) is 12.7 Å². The molecule has 0 spiro atoms. The molecule has 0 fully saturated rings. The average Bonchev–Trinajstić information content (AvgIpc) is 2.47. The standard InChI is InChI=1S/C8H5IN2S2/c9-7-10-11(8(12)13-7)6-4-2-1-3-5-6/h1-5H. The molecule has 0 aliphatic heterocycles. The van der Waals surface area contributed by atoms with Crippen LogP contribution in [0.4, 0.5) is 0 Å². The zero-order valence-electron chi connectivity index (χ0n) is 6.48. The average molecular weight is 320 g/mol. The SMILES string of the molecule is S=c1sc(I)nn1-c1ccccc1. The van der Waals surface area contributed by atoms with Crippen LogP contribution in [0.25, 0.3) is 5.69 Å². The number of hydrogen-bond acceptors (Lipinski definition) is 3. The number of nitrogens with zero attached hydrogens (tertiary/aromatic N) is 2. The Labute approximate surface area is 98.4 Å². The molecule has 0 saturated carbocycles. The third-order valence-electron chi connectivity index (χ3n) is 1.52. The van der Waals surface area contributed by atoms with Gasteiger partial charge in [0.05, 0.1) is 5.69 Å².